The van der Waals surface area contributed by atoms with Crippen molar-refractivity contribution in [3.05, 3.63) is 64.7 Å². The Bertz CT molecular complexity index is 775. The van der Waals surface area contributed by atoms with Crippen LogP contribution in [0.4, 0.5) is 0 Å². The Balaban J connectivity index is 1.41. The van der Waals surface area contributed by atoms with E-state index in [2.05, 4.69) is 42.6 Å². The molecule has 0 aliphatic heterocycles. The van der Waals surface area contributed by atoms with Crippen LogP contribution in [-0.2, 0) is 23.4 Å². The normalized spacial score (nSPS) is 14.3. The van der Waals surface area contributed by atoms with Gasteiger partial charge in [0.05, 0.1) is 0 Å². The van der Waals surface area contributed by atoms with Crippen molar-refractivity contribution in [3.63, 3.8) is 0 Å². The van der Waals surface area contributed by atoms with E-state index in [4.69, 9.17) is 4.74 Å². The van der Waals surface area contributed by atoms with Crippen molar-refractivity contribution in [1.29, 1.82) is 0 Å². The summed E-state index contributed by atoms with van der Waals surface area (Å²) in [5.41, 5.74) is 5.35. The van der Waals surface area contributed by atoms with E-state index in [-0.39, 0.29) is 5.91 Å². The molecule has 0 saturated heterocycles. The number of carbonyl (C=O) groups is 1. The molecular formula is C23H29NO2S. The van der Waals surface area contributed by atoms with Gasteiger partial charge in [-0.05, 0) is 67.9 Å². The molecular weight excluding hydrogens is 354 g/mol. The smallest absolute Gasteiger partial charge is 0.260 e. The molecule has 0 saturated carbocycles. The van der Waals surface area contributed by atoms with Gasteiger partial charge in [-0.15, -0.1) is 0 Å². The molecule has 0 heterocycles. The molecule has 1 aliphatic rings. The van der Waals surface area contributed by atoms with E-state index in [1.54, 1.807) is 0 Å². The molecule has 0 aromatic heterocycles. The summed E-state index contributed by atoms with van der Waals surface area (Å²) in [5.74, 6) is 2.71. The van der Waals surface area contributed by atoms with Crippen molar-refractivity contribution in [1.82, 2.24) is 5.32 Å². The minimum atomic E-state index is -0.472. The Morgan fingerprint density at radius 1 is 1.15 bits per heavy atom. The van der Waals surface area contributed by atoms with Gasteiger partial charge in [-0.1, -0.05) is 36.4 Å². The molecule has 0 spiro atoms. The van der Waals surface area contributed by atoms with Crippen LogP contribution in [0.25, 0.3) is 0 Å². The second kappa shape index (κ2) is 9.84. The van der Waals surface area contributed by atoms with E-state index >= 15 is 0 Å². The predicted octanol–water partition coefficient (Wildman–Crippen LogP) is 4.69. The molecule has 1 N–H and O–H groups in total. The molecule has 144 valence electrons. The Kier molecular flexibility index (Phi) is 7.22. The van der Waals surface area contributed by atoms with Crippen molar-refractivity contribution in [3.8, 4) is 5.75 Å². The minimum Gasteiger partial charge on any atom is -0.481 e. The van der Waals surface area contributed by atoms with Gasteiger partial charge in [0.15, 0.2) is 6.10 Å². The third kappa shape index (κ3) is 5.52. The molecule has 0 unspecified atom stereocenters. The molecule has 0 fully saturated rings. The van der Waals surface area contributed by atoms with E-state index in [1.165, 1.54) is 35.1 Å². The molecule has 0 bridgehead atoms. The van der Waals surface area contributed by atoms with E-state index in [0.717, 1.165) is 30.1 Å². The second-order valence-corrected chi connectivity index (χ2v) is 8.24. The van der Waals surface area contributed by atoms with Crippen LogP contribution < -0.4 is 10.1 Å². The van der Waals surface area contributed by atoms with Gasteiger partial charge >= 0.3 is 0 Å². The monoisotopic (exact) mass is 383 g/mol. The highest BCUT2D eigenvalue weighted by Crippen LogP contribution is 2.30. The molecule has 4 heteroatoms. The van der Waals surface area contributed by atoms with Gasteiger partial charge < -0.3 is 10.1 Å². The maximum atomic E-state index is 12.4. The number of carbonyl (C=O) groups excluding carboxylic acids is 1. The fraction of sp³-hybridized carbons (Fsp3) is 0.435. The maximum absolute atomic E-state index is 12.4. The van der Waals surface area contributed by atoms with Gasteiger partial charge in [0.1, 0.15) is 5.75 Å². The number of ether oxygens (including phenoxy) is 1. The third-order valence-electron chi connectivity index (χ3n) is 5.09. The SMILES string of the molecule is Cc1ccccc1CSCCNC(=O)[C@H](C)Oc1cccc2c1CCCC2. The second-order valence-electron chi connectivity index (χ2n) is 7.13. The summed E-state index contributed by atoms with van der Waals surface area (Å²) >= 11 is 1.84. The Morgan fingerprint density at radius 3 is 2.81 bits per heavy atom. The van der Waals surface area contributed by atoms with Crippen molar-refractivity contribution < 1.29 is 9.53 Å². The highest BCUT2D eigenvalue weighted by molar-refractivity contribution is 7.98. The first-order valence-corrected chi connectivity index (χ1v) is 11.0. The van der Waals surface area contributed by atoms with Crippen molar-refractivity contribution in [2.75, 3.05) is 12.3 Å². The third-order valence-corrected chi connectivity index (χ3v) is 6.10. The Labute approximate surface area is 166 Å². The number of rotatable bonds is 8. The number of aryl methyl sites for hydroxylation is 2. The number of hydrogen-bond donors (Lipinski definition) is 1. The summed E-state index contributed by atoms with van der Waals surface area (Å²) in [7, 11) is 0. The van der Waals surface area contributed by atoms with Gasteiger partial charge in [0.2, 0.25) is 0 Å². The van der Waals surface area contributed by atoms with Gasteiger partial charge in [0.25, 0.3) is 5.91 Å². The van der Waals surface area contributed by atoms with Gasteiger partial charge in [-0.25, -0.2) is 0 Å². The van der Waals surface area contributed by atoms with Crippen LogP contribution in [0.2, 0.25) is 0 Å². The van der Waals surface area contributed by atoms with E-state index in [0.29, 0.717) is 6.54 Å². The van der Waals surface area contributed by atoms with Gasteiger partial charge in [0, 0.05) is 18.1 Å². The summed E-state index contributed by atoms with van der Waals surface area (Å²) in [6.45, 7) is 4.63. The van der Waals surface area contributed by atoms with Gasteiger partial charge in [-0.3, -0.25) is 4.79 Å². The van der Waals surface area contributed by atoms with Crippen molar-refractivity contribution in [2.24, 2.45) is 0 Å². The minimum absolute atomic E-state index is 0.0418. The highest BCUT2D eigenvalue weighted by atomic mass is 32.2. The van der Waals surface area contributed by atoms with Crippen LogP contribution >= 0.6 is 11.8 Å². The predicted molar refractivity (Wildman–Crippen MR) is 114 cm³/mol. The van der Waals surface area contributed by atoms with Crippen molar-refractivity contribution >= 4 is 17.7 Å². The summed E-state index contributed by atoms with van der Waals surface area (Å²) in [5, 5.41) is 3.00. The lowest BCUT2D eigenvalue weighted by molar-refractivity contribution is -0.127. The number of thioether (sulfide) groups is 1. The quantitative estimate of drug-likeness (QED) is 0.672. The average molecular weight is 384 g/mol. The van der Waals surface area contributed by atoms with Crippen molar-refractivity contribution in [2.45, 2.75) is 51.4 Å². The average Bonchev–Trinajstić information content (AvgIpc) is 2.69. The largest absolute Gasteiger partial charge is 0.481 e. The van der Waals surface area contributed by atoms with Crippen LogP contribution in [0.5, 0.6) is 5.75 Å². The van der Waals surface area contributed by atoms with Gasteiger partial charge in [-0.2, -0.15) is 11.8 Å². The first-order chi connectivity index (χ1) is 13.1. The molecule has 2 aromatic carbocycles. The van der Waals surface area contributed by atoms with Crippen LogP contribution in [0.1, 0.15) is 42.0 Å². The van der Waals surface area contributed by atoms with E-state index in [1.807, 2.05) is 30.8 Å². The Hall–Kier alpha value is -1.94. The molecule has 27 heavy (non-hydrogen) atoms. The number of benzene rings is 2. The Morgan fingerprint density at radius 2 is 1.96 bits per heavy atom. The molecule has 1 aliphatic carbocycles. The van der Waals surface area contributed by atoms with E-state index in [9.17, 15) is 4.79 Å². The lowest BCUT2D eigenvalue weighted by Gasteiger charge is -2.22. The molecule has 3 nitrogen and oxygen atoms in total. The zero-order chi connectivity index (χ0) is 19.1. The molecule has 0 radical (unpaired) electrons. The molecule has 2 aromatic rings. The summed E-state index contributed by atoms with van der Waals surface area (Å²) < 4.78 is 6.00. The summed E-state index contributed by atoms with van der Waals surface area (Å²) in [6, 6.07) is 14.6. The summed E-state index contributed by atoms with van der Waals surface area (Å²) in [6.07, 6.45) is 4.14. The van der Waals surface area contributed by atoms with Crippen LogP contribution in [0, 0.1) is 6.92 Å². The molecule has 3 rings (SSSR count). The number of fused-ring (bicyclic) bond motifs is 1. The van der Waals surface area contributed by atoms with Crippen LogP contribution in [0.3, 0.4) is 0 Å². The molecule has 1 amide bonds. The lowest BCUT2D eigenvalue weighted by Crippen LogP contribution is -2.37. The fourth-order valence-corrected chi connectivity index (χ4v) is 4.38. The van der Waals surface area contributed by atoms with Crippen LogP contribution in [-0.4, -0.2) is 24.3 Å². The zero-order valence-corrected chi connectivity index (χ0v) is 17.1. The number of nitrogens with one attached hydrogen (secondary N) is 1. The standard InChI is InChI=1S/C23H29NO2S/c1-17-8-3-4-10-20(17)16-27-15-14-24-23(25)18(2)26-22-13-7-11-19-9-5-6-12-21(19)22/h3-4,7-8,10-11,13,18H,5-6,9,12,14-16H2,1-2H3,(H,24,25)/t18-/m0/s1. The first-order valence-electron chi connectivity index (χ1n) is 9.82. The van der Waals surface area contributed by atoms with Crippen LogP contribution in [0.15, 0.2) is 42.5 Å². The topological polar surface area (TPSA) is 38.3 Å². The first kappa shape index (κ1) is 19.8. The summed E-state index contributed by atoms with van der Waals surface area (Å²) in [4.78, 5) is 12.4. The highest BCUT2D eigenvalue weighted by Gasteiger charge is 2.19. The zero-order valence-electron chi connectivity index (χ0n) is 16.3. The number of amides is 1. The maximum Gasteiger partial charge on any atom is 0.260 e. The molecule has 1 atom stereocenters. The number of hydrogen-bond acceptors (Lipinski definition) is 3. The fourth-order valence-electron chi connectivity index (χ4n) is 3.44. The lowest BCUT2D eigenvalue weighted by atomic mass is 9.91. The van der Waals surface area contributed by atoms with E-state index < -0.39 is 6.10 Å².